The second-order valence-corrected chi connectivity index (χ2v) is 4.98. The minimum Gasteiger partial charge on any atom is -0.264 e. The maximum Gasteiger partial charge on any atom is 0.0525 e. The van der Waals surface area contributed by atoms with Crippen LogP contribution in [0.5, 0.6) is 0 Å². The van der Waals surface area contributed by atoms with E-state index >= 15 is 0 Å². The summed E-state index contributed by atoms with van der Waals surface area (Å²) < 4.78 is 0. The van der Waals surface area contributed by atoms with Gasteiger partial charge >= 0.3 is 0 Å². The molecule has 90 valence electrons. The van der Waals surface area contributed by atoms with E-state index in [4.69, 9.17) is 0 Å². The monoisotopic (exact) mass is 228 g/mol. The van der Waals surface area contributed by atoms with Gasteiger partial charge < -0.3 is 0 Å². The molecule has 2 heteroatoms. The highest BCUT2D eigenvalue weighted by Gasteiger charge is 2.13. The molecule has 0 spiro atoms. The van der Waals surface area contributed by atoms with E-state index in [1.165, 1.54) is 22.0 Å². The molecule has 0 fully saturated rings. The van der Waals surface area contributed by atoms with Crippen molar-refractivity contribution < 1.29 is 0 Å². The van der Waals surface area contributed by atoms with Crippen LogP contribution >= 0.6 is 0 Å². The summed E-state index contributed by atoms with van der Waals surface area (Å²) in [5.41, 5.74) is 2.49. The quantitative estimate of drug-likeness (QED) is 0.784. The number of aromatic nitrogens is 2. The van der Waals surface area contributed by atoms with Gasteiger partial charge in [-0.25, -0.2) is 0 Å². The Kier molecular flexibility index (Phi) is 3.41. The van der Waals surface area contributed by atoms with E-state index in [0.717, 1.165) is 6.42 Å². The third-order valence-corrected chi connectivity index (χ3v) is 3.45. The van der Waals surface area contributed by atoms with Crippen molar-refractivity contribution in [3.63, 3.8) is 0 Å². The molecule has 1 atom stereocenters. The van der Waals surface area contributed by atoms with E-state index in [-0.39, 0.29) is 0 Å². The van der Waals surface area contributed by atoms with Crippen LogP contribution in [-0.2, 0) is 0 Å². The van der Waals surface area contributed by atoms with Crippen LogP contribution in [-0.4, -0.2) is 9.97 Å². The molecular formula is C15H20N2. The van der Waals surface area contributed by atoms with Crippen molar-refractivity contribution in [3.8, 4) is 0 Å². The summed E-state index contributed by atoms with van der Waals surface area (Å²) in [4.78, 5) is 8.91. The van der Waals surface area contributed by atoms with E-state index in [1.807, 2.05) is 18.6 Å². The molecule has 2 heterocycles. The van der Waals surface area contributed by atoms with Crippen LogP contribution < -0.4 is 0 Å². The Morgan fingerprint density at radius 3 is 2.53 bits per heavy atom. The van der Waals surface area contributed by atoms with Crippen LogP contribution in [0.2, 0.25) is 0 Å². The molecule has 0 N–H and O–H groups in total. The first kappa shape index (κ1) is 12.0. The lowest BCUT2D eigenvalue weighted by Crippen LogP contribution is -2.01. The minimum absolute atomic E-state index is 0.489. The topological polar surface area (TPSA) is 25.8 Å². The predicted octanol–water partition coefficient (Wildman–Crippen LogP) is 4.27. The van der Waals surface area contributed by atoms with E-state index in [1.54, 1.807) is 0 Å². The highest BCUT2D eigenvalue weighted by atomic mass is 14.7. The largest absolute Gasteiger partial charge is 0.264 e. The minimum atomic E-state index is 0.489. The van der Waals surface area contributed by atoms with Gasteiger partial charge in [-0.05, 0) is 35.3 Å². The summed E-state index contributed by atoms with van der Waals surface area (Å²) in [7, 11) is 0. The van der Waals surface area contributed by atoms with Crippen molar-refractivity contribution in [1.29, 1.82) is 0 Å². The number of hydrogen-bond donors (Lipinski definition) is 0. The lowest BCUT2D eigenvalue weighted by molar-refractivity contribution is 0.712. The van der Waals surface area contributed by atoms with E-state index < -0.39 is 0 Å². The van der Waals surface area contributed by atoms with Crippen LogP contribution in [0.25, 0.3) is 10.8 Å². The molecule has 0 aliphatic rings. The van der Waals surface area contributed by atoms with Crippen molar-refractivity contribution in [2.75, 3.05) is 0 Å². The number of fused-ring (bicyclic) bond motifs is 1. The first-order valence-corrected chi connectivity index (χ1v) is 6.37. The molecule has 2 aromatic rings. The zero-order valence-corrected chi connectivity index (χ0v) is 11.1. The van der Waals surface area contributed by atoms with Crippen molar-refractivity contribution in [1.82, 2.24) is 9.97 Å². The van der Waals surface area contributed by atoms with Gasteiger partial charge in [-0.2, -0.15) is 0 Å². The smallest absolute Gasteiger partial charge is 0.0525 e. The third-order valence-electron chi connectivity index (χ3n) is 3.45. The second-order valence-electron chi connectivity index (χ2n) is 4.98. The lowest BCUT2D eigenvalue weighted by Gasteiger charge is -2.15. The van der Waals surface area contributed by atoms with Gasteiger partial charge in [0.2, 0.25) is 0 Å². The number of rotatable bonds is 3. The normalized spacial score (nSPS) is 13.2. The van der Waals surface area contributed by atoms with E-state index in [2.05, 4.69) is 43.7 Å². The standard InChI is InChI=1S/C15H20N2/c1-5-11(4)15-14-8-16-7-6-12(14)13(9-17-15)10(2)3/h6-11H,5H2,1-4H3. The molecule has 0 saturated carbocycles. The predicted molar refractivity (Wildman–Crippen MR) is 72.3 cm³/mol. The number of pyridine rings is 2. The Morgan fingerprint density at radius 2 is 1.88 bits per heavy atom. The average molecular weight is 228 g/mol. The van der Waals surface area contributed by atoms with Crippen LogP contribution in [0, 0.1) is 0 Å². The van der Waals surface area contributed by atoms with Gasteiger partial charge in [-0.15, -0.1) is 0 Å². The van der Waals surface area contributed by atoms with Crippen molar-refractivity contribution in [2.24, 2.45) is 0 Å². The zero-order chi connectivity index (χ0) is 12.4. The molecule has 2 nitrogen and oxygen atoms in total. The molecule has 0 saturated heterocycles. The Hall–Kier alpha value is -1.44. The summed E-state index contributed by atoms with van der Waals surface area (Å²) in [5.74, 6) is 0.987. The molecule has 2 aromatic heterocycles. The Balaban J connectivity index is 2.70. The van der Waals surface area contributed by atoms with E-state index in [0.29, 0.717) is 11.8 Å². The van der Waals surface area contributed by atoms with Gasteiger partial charge in [0.15, 0.2) is 0 Å². The van der Waals surface area contributed by atoms with Crippen LogP contribution in [0.3, 0.4) is 0 Å². The summed E-state index contributed by atoms with van der Waals surface area (Å²) in [6.45, 7) is 8.84. The maximum absolute atomic E-state index is 4.66. The molecule has 0 aliphatic carbocycles. The molecule has 0 radical (unpaired) electrons. The molecule has 0 bridgehead atoms. The molecular weight excluding hydrogens is 208 g/mol. The number of nitrogens with zero attached hydrogens (tertiary/aromatic N) is 2. The molecule has 0 aliphatic heterocycles. The van der Waals surface area contributed by atoms with Crippen molar-refractivity contribution in [3.05, 3.63) is 35.9 Å². The molecule has 17 heavy (non-hydrogen) atoms. The molecule has 1 unspecified atom stereocenters. The van der Waals surface area contributed by atoms with Crippen LogP contribution in [0.4, 0.5) is 0 Å². The Labute approximate surface area is 103 Å². The molecule has 0 amide bonds. The first-order chi connectivity index (χ1) is 8.15. The van der Waals surface area contributed by atoms with E-state index in [9.17, 15) is 0 Å². The number of hydrogen-bond acceptors (Lipinski definition) is 2. The fourth-order valence-electron chi connectivity index (χ4n) is 2.17. The summed E-state index contributed by atoms with van der Waals surface area (Å²) in [6, 6.07) is 2.11. The van der Waals surface area contributed by atoms with Gasteiger partial charge in [0, 0.05) is 24.0 Å². The van der Waals surface area contributed by atoms with Gasteiger partial charge in [0.1, 0.15) is 0 Å². The lowest BCUT2D eigenvalue weighted by atomic mass is 9.94. The van der Waals surface area contributed by atoms with Gasteiger partial charge in [0.25, 0.3) is 0 Å². The van der Waals surface area contributed by atoms with Gasteiger partial charge in [-0.3, -0.25) is 9.97 Å². The maximum atomic E-state index is 4.66. The highest BCUT2D eigenvalue weighted by molar-refractivity contribution is 5.87. The fourth-order valence-corrected chi connectivity index (χ4v) is 2.17. The summed E-state index contributed by atoms with van der Waals surface area (Å²) in [5, 5.41) is 2.52. The van der Waals surface area contributed by atoms with Crippen molar-refractivity contribution >= 4 is 10.8 Å². The van der Waals surface area contributed by atoms with Crippen molar-refractivity contribution in [2.45, 2.75) is 46.0 Å². The average Bonchev–Trinajstić information content (AvgIpc) is 2.36. The molecule has 2 rings (SSSR count). The Bertz CT molecular complexity index is 517. The highest BCUT2D eigenvalue weighted by Crippen LogP contribution is 2.30. The fraction of sp³-hybridized carbons (Fsp3) is 0.467. The third kappa shape index (κ3) is 2.17. The zero-order valence-electron chi connectivity index (χ0n) is 11.1. The van der Waals surface area contributed by atoms with Crippen LogP contribution in [0.15, 0.2) is 24.7 Å². The summed E-state index contributed by atoms with van der Waals surface area (Å²) in [6.07, 6.45) is 6.97. The van der Waals surface area contributed by atoms with Gasteiger partial charge in [-0.1, -0.05) is 27.7 Å². The SMILES string of the molecule is CCC(C)c1ncc(C(C)C)c2ccncc12. The second kappa shape index (κ2) is 4.82. The molecule has 0 aromatic carbocycles. The summed E-state index contributed by atoms with van der Waals surface area (Å²) >= 11 is 0. The van der Waals surface area contributed by atoms with Gasteiger partial charge in [0.05, 0.1) is 5.69 Å². The first-order valence-electron chi connectivity index (χ1n) is 6.37. The Morgan fingerprint density at radius 1 is 1.12 bits per heavy atom. The van der Waals surface area contributed by atoms with Crippen LogP contribution in [0.1, 0.15) is 57.2 Å².